The lowest BCUT2D eigenvalue weighted by Crippen LogP contribution is -2.06. The van der Waals surface area contributed by atoms with Gasteiger partial charge in [0, 0.05) is 28.7 Å². The van der Waals surface area contributed by atoms with Gasteiger partial charge < -0.3 is 4.74 Å². The van der Waals surface area contributed by atoms with E-state index in [1.54, 1.807) is 24.5 Å². The maximum Gasteiger partial charge on any atom is 0.196 e. The number of benzene rings is 2. The van der Waals surface area contributed by atoms with E-state index >= 15 is 0 Å². The number of halogens is 1. The van der Waals surface area contributed by atoms with Crippen molar-refractivity contribution in [3.8, 4) is 22.8 Å². The first-order chi connectivity index (χ1) is 15.6. The third-order valence-electron chi connectivity index (χ3n) is 4.89. The highest BCUT2D eigenvalue weighted by molar-refractivity contribution is 7.99. The summed E-state index contributed by atoms with van der Waals surface area (Å²) in [6.07, 6.45) is 3.46. The molecule has 0 aliphatic carbocycles. The first kappa shape index (κ1) is 22.0. The van der Waals surface area contributed by atoms with E-state index in [0.29, 0.717) is 34.5 Å². The summed E-state index contributed by atoms with van der Waals surface area (Å²) in [5.41, 5.74) is 3.35. The molecule has 0 aliphatic rings. The zero-order chi connectivity index (χ0) is 22.5. The van der Waals surface area contributed by atoms with E-state index in [1.165, 1.54) is 18.7 Å². The maximum absolute atomic E-state index is 11.8. The minimum absolute atomic E-state index is 0.0218. The molecule has 0 spiro atoms. The minimum atomic E-state index is -0.0218. The molecule has 0 radical (unpaired) electrons. The molecular weight excluding hydrogens is 444 g/mol. The molecule has 0 unspecified atom stereocenters. The van der Waals surface area contributed by atoms with Crippen LogP contribution in [0, 0.1) is 6.92 Å². The first-order valence-electron chi connectivity index (χ1n) is 10.0. The van der Waals surface area contributed by atoms with Crippen LogP contribution >= 0.6 is 23.4 Å². The lowest BCUT2D eigenvalue weighted by Gasteiger charge is -2.14. The number of rotatable bonds is 8. The molecule has 8 heteroatoms. The predicted molar refractivity (Wildman–Crippen MR) is 127 cm³/mol. The summed E-state index contributed by atoms with van der Waals surface area (Å²) in [4.78, 5) is 15.9. The number of hydrogen-bond donors (Lipinski definition) is 0. The Morgan fingerprint density at radius 3 is 2.62 bits per heavy atom. The summed E-state index contributed by atoms with van der Waals surface area (Å²) < 4.78 is 7.88. The molecule has 0 fully saturated rings. The average Bonchev–Trinajstić information content (AvgIpc) is 3.23. The predicted octanol–water partition coefficient (Wildman–Crippen LogP) is 5.66. The lowest BCUT2D eigenvalue weighted by molar-refractivity contribution is 0.101. The summed E-state index contributed by atoms with van der Waals surface area (Å²) in [5, 5.41) is 10.3. The highest BCUT2D eigenvalue weighted by Gasteiger charge is 2.18. The van der Waals surface area contributed by atoms with Crippen LogP contribution in [0.3, 0.4) is 0 Å². The largest absolute Gasteiger partial charge is 0.492 e. The number of carbonyl (C=O) groups excluding carboxylic acids is 1. The first-order valence-corrected chi connectivity index (χ1v) is 11.4. The van der Waals surface area contributed by atoms with Crippen LogP contribution in [0.25, 0.3) is 17.1 Å². The molecule has 0 saturated carbocycles. The fourth-order valence-electron chi connectivity index (χ4n) is 3.27. The van der Waals surface area contributed by atoms with Crippen LogP contribution in [0.1, 0.15) is 22.8 Å². The normalized spacial score (nSPS) is 10.8. The van der Waals surface area contributed by atoms with Crippen molar-refractivity contribution < 1.29 is 9.53 Å². The highest BCUT2D eigenvalue weighted by atomic mass is 35.5. The Balaban J connectivity index is 1.59. The van der Waals surface area contributed by atoms with Gasteiger partial charge >= 0.3 is 0 Å². The molecule has 0 saturated heterocycles. The summed E-state index contributed by atoms with van der Waals surface area (Å²) in [7, 11) is 0. The molecule has 2 heterocycles. The van der Waals surface area contributed by atoms with E-state index in [2.05, 4.69) is 15.2 Å². The molecule has 2 aromatic heterocycles. The minimum Gasteiger partial charge on any atom is -0.492 e. The molecule has 162 valence electrons. The van der Waals surface area contributed by atoms with E-state index in [0.717, 1.165) is 22.0 Å². The van der Waals surface area contributed by atoms with Crippen LogP contribution < -0.4 is 4.74 Å². The molecule has 4 aromatic rings. The van der Waals surface area contributed by atoms with Gasteiger partial charge in [-0.2, -0.15) is 0 Å². The topological polar surface area (TPSA) is 69.9 Å². The molecule has 2 aromatic carbocycles. The van der Waals surface area contributed by atoms with Crippen LogP contribution in [0.15, 0.2) is 72.1 Å². The van der Waals surface area contributed by atoms with Crippen molar-refractivity contribution in [1.29, 1.82) is 0 Å². The number of para-hydroxylation sites is 1. The van der Waals surface area contributed by atoms with E-state index in [9.17, 15) is 4.79 Å². The molecular formula is C24H21ClN4O2S. The van der Waals surface area contributed by atoms with Crippen molar-refractivity contribution in [3.63, 3.8) is 0 Å². The summed E-state index contributed by atoms with van der Waals surface area (Å²) >= 11 is 7.92. The Morgan fingerprint density at radius 2 is 1.84 bits per heavy atom. The van der Waals surface area contributed by atoms with Gasteiger partial charge in [0.25, 0.3) is 0 Å². The molecule has 0 aliphatic heterocycles. The Morgan fingerprint density at radius 1 is 1.06 bits per heavy atom. The number of ether oxygens (including phenoxy) is 1. The van der Waals surface area contributed by atoms with Crippen molar-refractivity contribution in [2.45, 2.75) is 19.0 Å². The fourth-order valence-corrected chi connectivity index (χ4v) is 4.21. The number of aromatic nitrogens is 4. The number of carbonyl (C=O) groups is 1. The molecule has 0 bridgehead atoms. The Hall–Kier alpha value is -3.16. The van der Waals surface area contributed by atoms with Crippen molar-refractivity contribution in [2.75, 3.05) is 12.4 Å². The zero-order valence-electron chi connectivity index (χ0n) is 17.7. The van der Waals surface area contributed by atoms with Gasteiger partial charge in [-0.25, -0.2) is 0 Å². The number of pyridine rings is 1. The van der Waals surface area contributed by atoms with Gasteiger partial charge in [0.15, 0.2) is 16.8 Å². The van der Waals surface area contributed by atoms with Gasteiger partial charge in [0.2, 0.25) is 0 Å². The summed E-state index contributed by atoms with van der Waals surface area (Å²) in [6.45, 7) is 3.93. The van der Waals surface area contributed by atoms with Crippen LogP contribution in [0.2, 0.25) is 5.02 Å². The number of nitrogens with zero attached hydrogens (tertiary/aromatic N) is 4. The van der Waals surface area contributed by atoms with E-state index in [-0.39, 0.29) is 5.78 Å². The van der Waals surface area contributed by atoms with Gasteiger partial charge in [-0.05, 0) is 55.8 Å². The van der Waals surface area contributed by atoms with E-state index in [4.69, 9.17) is 16.3 Å². The van der Waals surface area contributed by atoms with E-state index in [1.807, 2.05) is 54.0 Å². The Labute approximate surface area is 195 Å². The zero-order valence-corrected chi connectivity index (χ0v) is 19.2. The number of Topliss-reactive ketones (excluding diaryl/α,β-unsaturated/α-hetero) is 1. The van der Waals surface area contributed by atoms with Crippen molar-refractivity contribution in [1.82, 2.24) is 19.7 Å². The second-order valence-corrected chi connectivity index (χ2v) is 8.48. The van der Waals surface area contributed by atoms with Crippen molar-refractivity contribution in [3.05, 3.63) is 83.1 Å². The summed E-state index contributed by atoms with van der Waals surface area (Å²) in [5.74, 6) is 1.90. The van der Waals surface area contributed by atoms with Gasteiger partial charge in [-0.3, -0.25) is 14.3 Å². The second kappa shape index (κ2) is 9.97. The maximum atomic E-state index is 11.8. The van der Waals surface area contributed by atoms with Gasteiger partial charge in [0.1, 0.15) is 5.75 Å². The Kier molecular flexibility index (Phi) is 6.87. The van der Waals surface area contributed by atoms with Gasteiger partial charge in [-0.15, -0.1) is 10.2 Å². The molecule has 0 atom stereocenters. The molecule has 0 N–H and O–H groups in total. The van der Waals surface area contributed by atoms with Crippen molar-refractivity contribution >= 4 is 29.1 Å². The monoisotopic (exact) mass is 464 g/mol. The van der Waals surface area contributed by atoms with E-state index < -0.39 is 0 Å². The molecule has 32 heavy (non-hydrogen) atoms. The number of thioether (sulfide) groups is 1. The third-order valence-corrected chi connectivity index (χ3v) is 6.19. The number of ketones is 1. The molecule has 4 rings (SSSR count). The SMILES string of the molecule is CC(=O)c1ccccc1OCCSc1nnc(-c2ccncc2)n1-c1cccc(Cl)c1C. The second-order valence-electron chi connectivity index (χ2n) is 7.01. The van der Waals surface area contributed by atoms with Crippen LogP contribution in [-0.4, -0.2) is 37.9 Å². The molecule has 0 amide bonds. The smallest absolute Gasteiger partial charge is 0.196 e. The fraction of sp³-hybridized carbons (Fsp3) is 0.167. The van der Waals surface area contributed by atoms with Crippen LogP contribution in [0.5, 0.6) is 5.75 Å². The van der Waals surface area contributed by atoms with Gasteiger partial charge in [-0.1, -0.05) is 41.6 Å². The standard InChI is InChI=1S/C24H21ClN4O2S/c1-16-20(25)7-5-8-21(16)29-23(18-10-12-26-13-11-18)27-28-24(29)32-15-14-31-22-9-4-3-6-19(22)17(2)30/h3-13H,14-15H2,1-2H3. The van der Waals surface area contributed by atoms with Gasteiger partial charge in [0.05, 0.1) is 17.9 Å². The Bertz CT molecular complexity index is 1240. The summed E-state index contributed by atoms with van der Waals surface area (Å²) in [6, 6.07) is 16.8. The quantitative estimate of drug-likeness (QED) is 0.190. The number of hydrogen-bond acceptors (Lipinski definition) is 6. The average molecular weight is 465 g/mol. The highest BCUT2D eigenvalue weighted by Crippen LogP contribution is 2.31. The third kappa shape index (κ3) is 4.69. The molecule has 6 nitrogen and oxygen atoms in total. The van der Waals surface area contributed by atoms with Crippen molar-refractivity contribution in [2.24, 2.45) is 0 Å². The lowest BCUT2D eigenvalue weighted by atomic mass is 10.1. The van der Waals surface area contributed by atoms with Crippen LogP contribution in [0.4, 0.5) is 0 Å². The van der Waals surface area contributed by atoms with Crippen LogP contribution in [-0.2, 0) is 0 Å².